The minimum atomic E-state index is 0.0306. The maximum absolute atomic E-state index is 5.91. The number of ether oxygens (including phenoxy) is 3. The summed E-state index contributed by atoms with van der Waals surface area (Å²) in [4.78, 5) is 0. The lowest BCUT2D eigenvalue weighted by atomic mass is 10.1. The third kappa shape index (κ3) is 3.82. The SMILES string of the molecule is COc1ccc(OCC(N)C(C)C)cc1OC. The number of rotatable bonds is 6. The van der Waals surface area contributed by atoms with Gasteiger partial charge in [0.25, 0.3) is 0 Å². The smallest absolute Gasteiger partial charge is 0.164 e. The lowest BCUT2D eigenvalue weighted by molar-refractivity contribution is 0.257. The largest absolute Gasteiger partial charge is 0.493 e. The van der Waals surface area contributed by atoms with Gasteiger partial charge in [0.1, 0.15) is 12.4 Å². The summed E-state index contributed by atoms with van der Waals surface area (Å²) >= 11 is 0. The summed E-state index contributed by atoms with van der Waals surface area (Å²) in [6.45, 7) is 4.64. The molecule has 0 spiro atoms. The Labute approximate surface area is 103 Å². The van der Waals surface area contributed by atoms with Crippen LogP contribution in [0.4, 0.5) is 0 Å². The van der Waals surface area contributed by atoms with Crippen molar-refractivity contribution in [1.29, 1.82) is 0 Å². The number of methoxy groups -OCH3 is 2. The summed E-state index contributed by atoms with van der Waals surface area (Å²) in [7, 11) is 3.20. The van der Waals surface area contributed by atoms with Crippen molar-refractivity contribution in [3.05, 3.63) is 18.2 Å². The van der Waals surface area contributed by atoms with E-state index in [1.54, 1.807) is 20.3 Å². The molecule has 0 saturated heterocycles. The standard InChI is InChI=1S/C13H21NO3/c1-9(2)11(14)8-17-10-5-6-12(15-3)13(7-10)16-4/h5-7,9,11H,8,14H2,1-4H3. The summed E-state index contributed by atoms with van der Waals surface area (Å²) in [6, 6.07) is 5.48. The van der Waals surface area contributed by atoms with Crippen molar-refractivity contribution < 1.29 is 14.2 Å². The van der Waals surface area contributed by atoms with E-state index in [4.69, 9.17) is 19.9 Å². The van der Waals surface area contributed by atoms with Crippen molar-refractivity contribution in [2.45, 2.75) is 19.9 Å². The van der Waals surface area contributed by atoms with Crippen LogP contribution in [0.5, 0.6) is 17.2 Å². The Kier molecular flexibility index (Phi) is 5.10. The quantitative estimate of drug-likeness (QED) is 0.825. The fourth-order valence-electron chi connectivity index (χ4n) is 1.29. The molecule has 1 unspecified atom stereocenters. The lowest BCUT2D eigenvalue weighted by Crippen LogP contribution is -2.32. The molecule has 0 aliphatic carbocycles. The van der Waals surface area contributed by atoms with Crippen LogP contribution in [0.25, 0.3) is 0 Å². The van der Waals surface area contributed by atoms with Gasteiger partial charge in [-0.3, -0.25) is 0 Å². The van der Waals surface area contributed by atoms with Crippen molar-refractivity contribution in [3.8, 4) is 17.2 Å². The number of benzene rings is 1. The van der Waals surface area contributed by atoms with Crippen molar-refractivity contribution in [1.82, 2.24) is 0 Å². The summed E-state index contributed by atoms with van der Waals surface area (Å²) < 4.78 is 16.0. The number of hydrogen-bond donors (Lipinski definition) is 1. The minimum Gasteiger partial charge on any atom is -0.493 e. The van der Waals surface area contributed by atoms with Crippen LogP contribution in [0.2, 0.25) is 0 Å². The van der Waals surface area contributed by atoms with Gasteiger partial charge in [0.15, 0.2) is 11.5 Å². The van der Waals surface area contributed by atoms with Crippen LogP contribution in [0.15, 0.2) is 18.2 Å². The average Bonchev–Trinajstić information content (AvgIpc) is 2.35. The summed E-state index contributed by atoms with van der Waals surface area (Å²) in [6.07, 6.45) is 0. The molecule has 1 aromatic rings. The van der Waals surface area contributed by atoms with Crippen molar-refractivity contribution in [3.63, 3.8) is 0 Å². The van der Waals surface area contributed by atoms with E-state index >= 15 is 0 Å². The van der Waals surface area contributed by atoms with Gasteiger partial charge in [-0.25, -0.2) is 0 Å². The van der Waals surface area contributed by atoms with Crippen molar-refractivity contribution in [2.75, 3.05) is 20.8 Å². The first kappa shape index (κ1) is 13.6. The molecule has 1 aromatic carbocycles. The molecule has 0 saturated carbocycles. The maximum Gasteiger partial charge on any atom is 0.164 e. The predicted molar refractivity (Wildman–Crippen MR) is 67.9 cm³/mol. The number of hydrogen-bond acceptors (Lipinski definition) is 4. The molecule has 4 nitrogen and oxygen atoms in total. The highest BCUT2D eigenvalue weighted by molar-refractivity contribution is 5.45. The van der Waals surface area contributed by atoms with Gasteiger partial charge in [-0.15, -0.1) is 0 Å². The van der Waals surface area contributed by atoms with Crippen LogP contribution in [0, 0.1) is 5.92 Å². The molecule has 0 aromatic heterocycles. The molecule has 17 heavy (non-hydrogen) atoms. The third-order valence-corrected chi connectivity index (χ3v) is 2.65. The van der Waals surface area contributed by atoms with Crippen LogP contribution >= 0.6 is 0 Å². The molecule has 0 amide bonds. The van der Waals surface area contributed by atoms with Crippen LogP contribution in [-0.4, -0.2) is 26.9 Å². The average molecular weight is 239 g/mol. The zero-order chi connectivity index (χ0) is 12.8. The van der Waals surface area contributed by atoms with Gasteiger partial charge in [-0.1, -0.05) is 13.8 Å². The second kappa shape index (κ2) is 6.35. The Morgan fingerprint density at radius 3 is 2.29 bits per heavy atom. The fraction of sp³-hybridized carbons (Fsp3) is 0.538. The van der Waals surface area contributed by atoms with E-state index < -0.39 is 0 Å². The molecule has 1 rings (SSSR count). The predicted octanol–water partition coefficient (Wildman–Crippen LogP) is 2.07. The first-order valence-electron chi connectivity index (χ1n) is 5.69. The highest BCUT2D eigenvalue weighted by Gasteiger charge is 2.10. The Morgan fingerprint density at radius 2 is 1.76 bits per heavy atom. The third-order valence-electron chi connectivity index (χ3n) is 2.65. The monoisotopic (exact) mass is 239 g/mol. The molecular formula is C13H21NO3. The Bertz CT molecular complexity index is 353. The molecule has 0 fully saturated rings. The van der Waals surface area contributed by atoms with E-state index in [2.05, 4.69) is 13.8 Å². The molecule has 1 atom stereocenters. The summed E-state index contributed by atoms with van der Waals surface area (Å²) in [5.41, 5.74) is 5.91. The van der Waals surface area contributed by atoms with Crippen molar-refractivity contribution >= 4 is 0 Å². The van der Waals surface area contributed by atoms with Gasteiger partial charge in [-0.05, 0) is 18.1 Å². The van der Waals surface area contributed by atoms with Crippen LogP contribution in [-0.2, 0) is 0 Å². The molecule has 0 aliphatic rings. The summed E-state index contributed by atoms with van der Waals surface area (Å²) in [5.74, 6) is 2.48. The Balaban J connectivity index is 2.66. The van der Waals surface area contributed by atoms with Gasteiger partial charge in [0.05, 0.1) is 14.2 Å². The lowest BCUT2D eigenvalue weighted by Gasteiger charge is -2.17. The van der Waals surface area contributed by atoms with Gasteiger partial charge in [0.2, 0.25) is 0 Å². The molecule has 0 heterocycles. The Hall–Kier alpha value is -1.42. The maximum atomic E-state index is 5.91. The van der Waals surface area contributed by atoms with Gasteiger partial charge in [-0.2, -0.15) is 0 Å². The molecule has 0 aliphatic heterocycles. The topological polar surface area (TPSA) is 53.7 Å². The second-order valence-corrected chi connectivity index (χ2v) is 4.24. The molecule has 2 N–H and O–H groups in total. The minimum absolute atomic E-state index is 0.0306. The van der Waals surface area contributed by atoms with E-state index in [1.807, 2.05) is 12.1 Å². The molecular weight excluding hydrogens is 218 g/mol. The van der Waals surface area contributed by atoms with E-state index in [1.165, 1.54) is 0 Å². The molecule has 96 valence electrons. The van der Waals surface area contributed by atoms with E-state index in [-0.39, 0.29) is 6.04 Å². The van der Waals surface area contributed by atoms with Gasteiger partial charge < -0.3 is 19.9 Å². The zero-order valence-corrected chi connectivity index (χ0v) is 10.9. The first-order valence-corrected chi connectivity index (χ1v) is 5.69. The first-order chi connectivity index (χ1) is 8.08. The Morgan fingerprint density at radius 1 is 1.12 bits per heavy atom. The van der Waals surface area contributed by atoms with E-state index in [0.29, 0.717) is 24.0 Å². The normalized spacial score (nSPS) is 12.4. The van der Waals surface area contributed by atoms with Crippen LogP contribution in [0.3, 0.4) is 0 Å². The van der Waals surface area contributed by atoms with Gasteiger partial charge >= 0.3 is 0 Å². The second-order valence-electron chi connectivity index (χ2n) is 4.24. The zero-order valence-electron chi connectivity index (χ0n) is 10.9. The van der Waals surface area contributed by atoms with Crippen LogP contribution < -0.4 is 19.9 Å². The van der Waals surface area contributed by atoms with E-state index in [0.717, 1.165) is 5.75 Å². The van der Waals surface area contributed by atoms with Gasteiger partial charge in [0, 0.05) is 12.1 Å². The van der Waals surface area contributed by atoms with Crippen LogP contribution in [0.1, 0.15) is 13.8 Å². The van der Waals surface area contributed by atoms with Crippen molar-refractivity contribution in [2.24, 2.45) is 11.7 Å². The highest BCUT2D eigenvalue weighted by Crippen LogP contribution is 2.30. The molecule has 4 heteroatoms. The number of nitrogens with two attached hydrogens (primary N) is 1. The fourth-order valence-corrected chi connectivity index (χ4v) is 1.29. The highest BCUT2D eigenvalue weighted by atomic mass is 16.5. The molecule has 0 radical (unpaired) electrons. The van der Waals surface area contributed by atoms with E-state index in [9.17, 15) is 0 Å². The summed E-state index contributed by atoms with van der Waals surface area (Å²) in [5, 5.41) is 0. The molecule has 0 bridgehead atoms.